The zero-order valence-corrected chi connectivity index (χ0v) is 21.6. The fourth-order valence-electron chi connectivity index (χ4n) is 4.87. The summed E-state index contributed by atoms with van der Waals surface area (Å²) in [6.07, 6.45) is 0.770. The molecule has 0 N–H and O–H groups in total. The van der Waals surface area contributed by atoms with E-state index in [1.165, 1.54) is 6.07 Å². The Kier molecular flexibility index (Phi) is 6.35. The highest BCUT2D eigenvalue weighted by Gasteiger charge is 2.43. The summed E-state index contributed by atoms with van der Waals surface area (Å²) in [6.45, 7) is 9.45. The minimum Gasteiger partial charge on any atom is -0.486 e. The van der Waals surface area contributed by atoms with Gasteiger partial charge >= 0.3 is 0 Å². The highest BCUT2D eigenvalue weighted by Crippen LogP contribution is 2.42. The molecule has 0 radical (unpaired) electrons. The molecule has 0 atom stereocenters. The molecule has 188 valence electrons. The van der Waals surface area contributed by atoms with Crippen LogP contribution in [-0.2, 0) is 10.0 Å². The number of fused-ring (bicyclic) bond motifs is 2. The van der Waals surface area contributed by atoms with Gasteiger partial charge in [0.05, 0.1) is 11.3 Å². The molecule has 0 spiro atoms. The normalized spacial score (nSPS) is 19.7. The summed E-state index contributed by atoms with van der Waals surface area (Å²) in [5.74, 6) is 1.02. The third-order valence-electron chi connectivity index (χ3n) is 6.89. The van der Waals surface area contributed by atoms with E-state index in [-0.39, 0.29) is 22.4 Å². The molecule has 3 aliphatic heterocycles. The fraction of sp³-hybridized carbons (Fsp3) is 0.480. The molecule has 2 aromatic carbocycles. The van der Waals surface area contributed by atoms with Crippen LogP contribution >= 0.6 is 11.6 Å². The maximum absolute atomic E-state index is 12.9. The van der Waals surface area contributed by atoms with Crippen LogP contribution in [0.4, 0.5) is 5.69 Å². The third kappa shape index (κ3) is 4.69. The summed E-state index contributed by atoms with van der Waals surface area (Å²) >= 11 is 6.32. The van der Waals surface area contributed by atoms with Crippen molar-refractivity contribution in [1.82, 2.24) is 9.21 Å². The number of nitrogens with zero attached hydrogens (tertiary/aromatic N) is 3. The van der Waals surface area contributed by atoms with Crippen molar-refractivity contribution in [3.63, 3.8) is 0 Å². The number of carbonyl (C=O) groups excluding carboxylic acids is 1. The first-order valence-corrected chi connectivity index (χ1v) is 13.7. The molecule has 0 unspecified atom stereocenters. The van der Waals surface area contributed by atoms with Crippen LogP contribution in [0.3, 0.4) is 0 Å². The van der Waals surface area contributed by atoms with Crippen molar-refractivity contribution < 1.29 is 22.7 Å². The van der Waals surface area contributed by atoms with E-state index in [1.54, 1.807) is 24.3 Å². The molecule has 3 heterocycles. The van der Waals surface area contributed by atoms with Gasteiger partial charge in [0.25, 0.3) is 15.9 Å². The lowest BCUT2D eigenvalue weighted by Gasteiger charge is -2.39. The maximum atomic E-state index is 12.9. The number of benzene rings is 2. The Labute approximate surface area is 211 Å². The van der Waals surface area contributed by atoms with Gasteiger partial charge in [0.2, 0.25) is 0 Å². The minimum atomic E-state index is -3.79. The molecule has 1 fully saturated rings. The van der Waals surface area contributed by atoms with Gasteiger partial charge in [0.15, 0.2) is 11.5 Å². The summed E-state index contributed by atoms with van der Waals surface area (Å²) in [5, 5.41) is 0.627. The number of ether oxygens (including phenoxy) is 2. The van der Waals surface area contributed by atoms with E-state index in [0.29, 0.717) is 24.0 Å². The molecule has 0 saturated carbocycles. The second-order valence-electron chi connectivity index (χ2n) is 10.0. The number of anilines is 1. The van der Waals surface area contributed by atoms with Crippen molar-refractivity contribution in [2.45, 2.75) is 25.2 Å². The molecule has 35 heavy (non-hydrogen) atoms. The van der Waals surface area contributed by atoms with Gasteiger partial charge in [0.1, 0.15) is 18.1 Å². The average molecular weight is 520 g/mol. The van der Waals surface area contributed by atoms with E-state index in [0.717, 1.165) is 54.9 Å². The van der Waals surface area contributed by atoms with Crippen LogP contribution in [0.25, 0.3) is 0 Å². The van der Waals surface area contributed by atoms with Gasteiger partial charge in [-0.1, -0.05) is 37.6 Å². The molecule has 2 aromatic rings. The zero-order chi connectivity index (χ0) is 24.8. The van der Waals surface area contributed by atoms with Crippen LogP contribution in [0, 0.1) is 5.41 Å². The van der Waals surface area contributed by atoms with Crippen LogP contribution in [0.15, 0.2) is 41.3 Å². The number of halogens is 1. The van der Waals surface area contributed by atoms with E-state index in [2.05, 4.69) is 9.80 Å². The SMILES string of the molecule is CC(C)(CCN1CCN(c2cc(Cl)cc3c2OCCO3)CC1)CN1C(=O)c2ccccc2S1(=O)=O. The maximum Gasteiger partial charge on any atom is 0.269 e. The zero-order valence-electron chi connectivity index (χ0n) is 20.0. The van der Waals surface area contributed by atoms with Crippen molar-refractivity contribution in [3.8, 4) is 11.5 Å². The summed E-state index contributed by atoms with van der Waals surface area (Å²) < 4.78 is 38.5. The lowest BCUT2D eigenvalue weighted by atomic mass is 9.88. The van der Waals surface area contributed by atoms with E-state index in [1.807, 2.05) is 19.9 Å². The van der Waals surface area contributed by atoms with Crippen molar-refractivity contribution in [1.29, 1.82) is 0 Å². The molecule has 1 saturated heterocycles. The molecular weight excluding hydrogens is 490 g/mol. The topological polar surface area (TPSA) is 79.4 Å². The molecule has 0 aromatic heterocycles. The lowest BCUT2D eigenvalue weighted by molar-refractivity contribution is 0.0821. The molecule has 3 aliphatic rings. The largest absolute Gasteiger partial charge is 0.486 e. The quantitative estimate of drug-likeness (QED) is 0.578. The Bertz CT molecular complexity index is 1240. The summed E-state index contributed by atoms with van der Waals surface area (Å²) in [4.78, 5) is 17.5. The van der Waals surface area contributed by atoms with Gasteiger partial charge in [-0.15, -0.1) is 0 Å². The van der Waals surface area contributed by atoms with Crippen LogP contribution < -0.4 is 14.4 Å². The highest BCUT2D eigenvalue weighted by molar-refractivity contribution is 7.90. The number of sulfonamides is 1. The summed E-state index contributed by atoms with van der Waals surface area (Å²) in [6, 6.07) is 10.1. The van der Waals surface area contributed by atoms with Crippen molar-refractivity contribution in [2.75, 3.05) is 57.4 Å². The molecule has 0 aliphatic carbocycles. The molecule has 0 bridgehead atoms. The van der Waals surface area contributed by atoms with Crippen LogP contribution in [-0.4, -0.2) is 76.0 Å². The van der Waals surface area contributed by atoms with Gasteiger partial charge in [-0.05, 0) is 36.6 Å². The molecule has 8 nitrogen and oxygen atoms in total. The number of rotatable bonds is 6. The highest BCUT2D eigenvalue weighted by atomic mass is 35.5. The van der Waals surface area contributed by atoms with E-state index >= 15 is 0 Å². The molecule has 5 rings (SSSR count). The third-order valence-corrected chi connectivity index (χ3v) is 8.89. The Morgan fingerprint density at radius 2 is 1.74 bits per heavy atom. The first-order chi connectivity index (χ1) is 16.7. The Morgan fingerprint density at radius 1 is 1.03 bits per heavy atom. The van der Waals surface area contributed by atoms with Crippen LogP contribution in [0.5, 0.6) is 11.5 Å². The number of piperazine rings is 1. The van der Waals surface area contributed by atoms with Gasteiger partial charge < -0.3 is 14.4 Å². The lowest BCUT2D eigenvalue weighted by Crippen LogP contribution is -2.48. The number of hydrogen-bond acceptors (Lipinski definition) is 7. The fourth-order valence-corrected chi connectivity index (χ4v) is 6.83. The molecule has 1 amide bonds. The smallest absolute Gasteiger partial charge is 0.269 e. The molecular formula is C25H30ClN3O5S. The first-order valence-electron chi connectivity index (χ1n) is 11.9. The van der Waals surface area contributed by atoms with E-state index in [4.69, 9.17) is 21.1 Å². The monoisotopic (exact) mass is 519 g/mol. The summed E-state index contributed by atoms with van der Waals surface area (Å²) in [5.41, 5.74) is 0.862. The number of carbonyl (C=O) groups is 1. The van der Waals surface area contributed by atoms with Crippen molar-refractivity contribution >= 4 is 33.2 Å². The first kappa shape index (κ1) is 24.2. The number of amides is 1. The van der Waals surface area contributed by atoms with Gasteiger partial charge in [-0.3, -0.25) is 9.69 Å². The standard InChI is InChI=1S/C25H30ClN3O5S/c1-25(2,17-29-24(30)19-5-3-4-6-22(19)35(29,31)32)7-8-27-9-11-28(12-10-27)20-15-18(26)16-21-23(20)34-14-13-33-21/h3-6,15-16H,7-14,17H2,1-2H3. The van der Waals surface area contributed by atoms with Crippen LogP contribution in [0.2, 0.25) is 5.02 Å². The predicted molar refractivity (Wildman–Crippen MR) is 134 cm³/mol. The second kappa shape index (κ2) is 9.19. The Morgan fingerprint density at radius 3 is 2.49 bits per heavy atom. The minimum absolute atomic E-state index is 0.106. The van der Waals surface area contributed by atoms with Crippen LogP contribution in [0.1, 0.15) is 30.6 Å². The summed E-state index contributed by atoms with van der Waals surface area (Å²) in [7, 11) is -3.79. The van der Waals surface area contributed by atoms with Crippen molar-refractivity contribution in [3.05, 3.63) is 47.0 Å². The van der Waals surface area contributed by atoms with E-state index < -0.39 is 15.9 Å². The van der Waals surface area contributed by atoms with Gasteiger partial charge in [-0.25, -0.2) is 12.7 Å². The second-order valence-corrected chi connectivity index (χ2v) is 12.3. The van der Waals surface area contributed by atoms with Gasteiger partial charge in [0, 0.05) is 43.8 Å². The molecule has 10 heteroatoms. The van der Waals surface area contributed by atoms with Crippen molar-refractivity contribution in [2.24, 2.45) is 5.41 Å². The Hall–Kier alpha value is -2.49. The average Bonchev–Trinajstić information content (AvgIpc) is 3.03. The van der Waals surface area contributed by atoms with E-state index in [9.17, 15) is 13.2 Å². The predicted octanol–water partition coefficient (Wildman–Crippen LogP) is 3.49. The Balaban J connectivity index is 1.18. The van der Waals surface area contributed by atoms with Gasteiger partial charge in [-0.2, -0.15) is 0 Å². The number of hydrogen-bond donors (Lipinski definition) is 0.